The van der Waals surface area contributed by atoms with Gasteiger partial charge >= 0.3 is 0 Å². The molecule has 0 rings (SSSR count). The first-order chi connectivity index (χ1) is 8.01. The normalized spacial score (nSPS) is 16.7. The molecule has 0 spiro atoms. The molecule has 0 heterocycles. The molecule has 18 heavy (non-hydrogen) atoms. The Labute approximate surface area is 115 Å². The second-order valence-electron chi connectivity index (χ2n) is 7.07. The molecule has 0 bridgehead atoms. The molecule has 2 nitrogen and oxygen atoms in total. The van der Waals surface area contributed by atoms with Crippen LogP contribution in [0.3, 0.4) is 0 Å². The van der Waals surface area contributed by atoms with Crippen molar-refractivity contribution in [2.24, 2.45) is 5.92 Å². The van der Waals surface area contributed by atoms with Gasteiger partial charge in [0.25, 0.3) is 0 Å². The Morgan fingerprint density at radius 3 is 2.11 bits per heavy atom. The first-order valence-corrected chi connectivity index (χ1v) is 9.89. The summed E-state index contributed by atoms with van der Waals surface area (Å²) in [4.78, 5) is 0. The molecule has 0 radical (unpaired) electrons. The Hall–Kier alpha value is -0.123. The number of aliphatic hydroxyl groups excluding tert-OH is 1. The van der Waals surface area contributed by atoms with Gasteiger partial charge in [-0.05, 0) is 36.9 Å². The predicted octanol–water partition coefficient (Wildman–Crippen LogP) is 4.36. The van der Waals surface area contributed by atoms with E-state index < -0.39 is 8.32 Å². The lowest BCUT2D eigenvalue weighted by Gasteiger charge is -2.41. The van der Waals surface area contributed by atoms with Crippen LogP contribution in [0.25, 0.3) is 0 Å². The third-order valence-electron chi connectivity index (χ3n) is 3.94. The first-order valence-electron chi connectivity index (χ1n) is 6.98. The van der Waals surface area contributed by atoms with Gasteiger partial charge in [0.1, 0.15) is 0 Å². The van der Waals surface area contributed by atoms with Gasteiger partial charge < -0.3 is 9.53 Å². The van der Waals surface area contributed by atoms with Gasteiger partial charge in [-0.3, -0.25) is 0 Å². The van der Waals surface area contributed by atoms with Crippen LogP contribution in [0.2, 0.25) is 18.1 Å². The predicted molar refractivity (Wildman–Crippen MR) is 82.3 cm³/mol. The maximum absolute atomic E-state index is 9.93. The fourth-order valence-electron chi connectivity index (χ4n) is 1.57. The summed E-state index contributed by atoms with van der Waals surface area (Å²) in [6, 6.07) is 0. The maximum atomic E-state index is 9.93. The fraction of sp³-hybridized carbons (Fsp3) is 0.867. The van der Waals surface area contributed by atoms with Crippen molar-refractivity contribution in [3.8, 4) is 0 Å². The number of rotatable bonds is 7. The molecule has 1 N–H and O–H groups in total. The van der Waals surface area contributed by atoms with E-state index in [1.165, 1.54) is 0 Å². The molecule has 108 valence electrons. The van der Waals surface area contributed by atoms with Crippen molar-refractivity contribution in [3.05, 3.63) is 12.7 Å². The van der Waals surface area contributed by atoms with Gasteiger partial charge in [0, 0.05) is 6.10 Å². The van der Waals surface area contributed by atoms with Crippen molar-refractivity contribution in [1.82, 2.24) is 0 Å². The summed E-state index contributed by atoms with van der Waals surface area (Å²) in [6.45, 7) is 19.3. The lowest BCUT2D eigenvalue weighted by atomic mass is 10.00. The monoisotopic (exact) mass is 272 g/mol. The third kappa shape index (κ3) is 5.68. The van der Waals surface area contributed by atoms with Gasteiger partial charge in [-0.25, -0.2) is 0 Å². The van der Waals surface area contributed by atoms with Crippen LogP contribution in [0.4, 0.5) is 0 Å². The zero-order valence-corrected chi connectivity index (χ0v) is 14.3. The van der Waals surface area contributed by atoms with Gasteiger partial charge in [0.2, 0.25) is 0 Å². The zero-order valence-electron chi connectivity index (χ0n) is 13.3. The number of hydrogen-bond acceptors (Lipinski definition) is 2. The van der Waals surface area contributed by atoms with Crippen LogP contribution < -0.4 is 0 Å². The lowest BCUT2D eigenvalue weighted by molar-refractivity contribution is 0.0620. The maximum Gasteiger partial charge on any atom is 0.192 e. The Balaban J connectivity index is 4.68. The van der Waals surface area contributed by atoms with E-state index in [0.717, 1.165) is 0 Å². The summed E-state index contributed by atoms with van der Waals surface area (Å²) in [5, 5.41) is 10.1. The summed E-state index contributed by atoms with van der Waals surface area (Å²) < 4.78 is 6.43. The van der Waals surface area contributed by atoms with Gasteiger partial charge in [-0.15, -0.1) is 6.58 Å². The van der Waals surface area contributed by atoms with Crippen LogP contribution in [-0.2, 0) is 4.43 Å². The van der Waals surface area contributed by atoms with E-state index in [2.05, 4.69) is 54.3 Å². The first kappa shape index (κ1) is 17.9. The fourth-order valence-corrected chi connectivity index (χ4v) is 3.05. The standard InChI is InChI=1S/C15H32O2Si/c1-9-10-13(16)11-14(12(2)3)17-18(7,8)15(4,5)6/h9,12-14,16H,1,10-11H2,2-8H3/t13-,14-/m0/s1. The van der Waals surface area contributed by atoms with Crippen molar-refractivity contribution in [3.63, 3.8) is 0 Å². The van der Waals surface area contributed by atoms with E-state index >= 15 is 0 Å². The largest absolute Gasteiger partial charge is 0.414 e. The molecule has 0 unspecified atom stereocenters. The molecular formula is C15H32O2Si. The minimum absolute atomic E-state index is 0.140. The minimum atomic E-state index is -1.76. The van der Waals surface area contributed by atoms with Crippen LogP contribution in [-0.4, -0.2) is 25.6 Å². The Morgan fingerprint density at radius 1 is 1.28 bits per heavy atom. The smallest absolute Gasteiger partial charge is 0.192 e. The number of aliphatic hydroxyl groups is 1. The molecule has 0 aliphatic heterocycles. The van der Waals surface area contributed by atoms with Gasteiger partial charge in [-0.2, -0.15) is 0 Å². The zero-order chi connectivity index (χ0) is 14.6. The molecule has 0 saturated carbocycles. The van der Waals surface area contributed by atoms with E-state index in [4.69, 9.17) is 4.43 Å². The van der Waals surface area contributed by atoms with Crippen LogP contribution >= 0.6 is 0 Å². The Bertz CT molecular complexity index is 254. The van der Waals surface area contributed by atoms with Crippen LogP contribution in [0.15, 0.2) is 12.7 Å². The van der Waals surface area contributed by atoms with Gasteiger partial charge in [0.15, 0.2) is 8.32 Å². The van der Waals surface area contributed by atoms with E-state index in [-0.39, 0.29) is 17.2 Å². The van der Waals surface area contributed by atoms with E-state index in [1.807, 2.05) is 0 Å². The minimum Gasteiger partial charge on any atom is -0.414 e. The second kappa shape index (κ2) is 6.87. The van der Waals surface area contributed by atoms with E-state index in [1.54, 1.807) is 6.08 Å². The molecule has 0 saturated heterocycles. The van der Waals surface area contributed by atoms with Crippen molar-refractivity contribution >= 4 is 8.32 Å². The quantitative estimate of drug-likeness (QED) is 0.551. The molecule has 0 aromatic carbocycles. The van der Waals surface area contributed by atoms with Crippen molar-refractivity contribution in [2.75, 3.05) is 0 Å². The highest BCUT2D eigenvalue weighted by atomic mass is 28.4. The molecule has 0 aromatic heterocycles. The van der Waals surface area contributed by atoms with E-state index in [0.29, 0.717) is 18.8 Å². The second-order valence-corrected chi connectivity index (χ2v) is 11.8. The molecule has 0 aromatic rings. The summed E-state index contributed by atoms with van der Waals surface area (Å²) in [5.41, 5.74) is 0. The average molecular weight is 273 g/mol. The highest BCUT2D eigenvalue weighted by Crippen LogP contribution is 2.38. The summed E-state index contributed by atoms with van der Waals surface area (Å²) in [6.07, 6.45) is 2.93. The molecule has 3 heteroatoms. The Kier molecular flexibility index (Phi) is 6.83. The SMILES string of the molecule is C=CC[C@H](O)C[C@H](O[Si](C)(C)C(C)(C)C)C(C)C. The summed E-state index contributed by atoms with van der Waals surface area (Å²) >= 11 is 0. The van der Waals surface area contributed by atoms with Crippen molar-refractivity contribution < 1.29 is 9.53 Å². The average Bonchev–Trinajstić information content (AvgIpc) is 2.14. The highest BCUT2D eigenvalue weighted by molar-refractivity contribution is 6.74. The van der Waals surface area contributed by atoms with Gasteiger partial charge in [0.05, 0.1) is 6.10 Å². The topological polar surface area (TPSA) is 29.5 Å². The molecule has 0 amide bonds. The highest BCUT2D eigenvalue weighted by Gasteiger charge is 2.39. The summed E-state index contributed by atoms with van der Waals surface area (Å²) in [7, 11) is -1.76. The third-order valence-corrected chi connectivity index (χ3v) is 8.44. The Morgan fingerprint density at radius 2 is 1.78 bits per heavy atom. The van der Waals surface area contributed by atoms with E-state index in [9.17, 15) is 5.11 Å². The van der Waals surface area contributed by atoms with Crippen molar-refractivity contribution in [1.29, 1.82) is 0 Å². The van der Waals surface area contributed by atoms with Crippen molar-refractivity contribution in [2.45, 2.75) is 77.8 Å². The molecule has 2 atom stereocenters. The summed E-state index contributed by atoms with van der Waals surface area (Å²) in [5.74, 6) is 0.429. The van der Waals surface area contributed by atoms with Crippen LogP contribution in [0, 0.1) is 5.92 Å². The lowest BCUT2D eigenvalue weighted by Crippen LogP contribution is -2.46. The molecule has 0 aliphatic rings. The van der Waals surface area contributed by atoms with Gasteiger partial charge in [-0.1, -0.05) is 40.7 Å². The van der Waals surface area contributed by atoms with Crippen LogP contribution in [0.1, 0.15) is 47.5 Å². The number of hydrogen-bond donors (Lipinski definition) is 1. The van der Waals surface area contributed by atoms with Crippen LogP contribution in [0.5, 0.6) is 0 Å². The molecule has 0 aliphatic carbocycles. The molecular weight excluding hydrogens is 240 g/mol. The molecule has 0 fully saturated rings.